The van der Waals surface area contributed by atoms with Crippen LogP contribution in [-0.2, 0) is 4.74 Å². The summed E-state index contributed by atoms with van der Waals surface area (Å²) >= 11 is 0. The standard InChI is InChI=1S/C12H23N3O.HI/c1-16-12(6-3-7-12)9-15-11(13)14-8-10-4-2-5-10;/h10H,2-9H2,1H3,(H3,13,14,15);1H. The number of rotatable bonds is 5. The van der Waals surface area contributed by atoms with Crippen LogP contribution in [0.3, 0.4) is 0 Å². The van der Waals surface area contributed by atoms with Crippen LogP contribution in [0.15, 0.2) is 4.99 Å². The zero-order valence-corrected chi connectivity index (χ0v) is 12.9. The van der Waals surface area contributed by atoms with E-state index < -0.39 is 0 Å². The first-order chi connectivity index (χ1) is 7.74. The van der Waals surface area contributed by atoms with E-state index in [0.717, 1.165) is 25.3 Å². The van der Waals surface area contributed by atoms with E-state index >= 15 is 0 Å². The van der Waals surface area contributed by atoms with Crippen LogP contribution in [0.1, 0.15) is 38.5 Å². The fraction of sp³-hybridized carbons (Fsp3) is 0.917. The van der Waals surface area contributed by atoms with E-state index in [1.165, 1.54) is 25.7 Å². The van der Waals surface area contributed by atoms with Crippen molar-refractivity contribution >= 4 is 29.9 Å². The average Bonchev–Trinajstić information content (AvgIpc) is 2.14. The lowest BCUT2D eigenvalue weighted by Gasteiger charge is -2.39. The minimum atomic E-state index is -0.0111. The summed E-state index contributed by atoms with van der Waals surface area (Å²) in [6.45, 7) is 1.68. The number of ether oxygens (including phenoxy) is 1. The summed E-state index contributed by atoms with van der Waals surface area (Å²) in [5.41, 5.74) is 5.81. The smallest absolute Gasteiger partial charge is 0.188 e. The lowest BCUT2D eigenvalue weighted by molar-refractivity contribution is -0.0630. The lowest BCUT2D eigenvalue weighted by Crippen LogP contribution is -2.44. The van der Waals surface area contributed by atoms with Crippen LogP contribution in [-0.4, -0.2) is 31.8 Å². The maximum Gasteiger partial charge on any atom is 0.188 e. The highest BCUT2D eigenvalue weighted by Crippen LogP contribution is 2.35. The summed E-state index contributed by atoms with van der Waals surface area (Å²) in [6.07, 6.45) is 7.52. The largest absolute Gasteiger partial charge is 0.376 e. The molecule has 0 aliphatic heterocycles. The number of hydrogen-bond acceptors (Lipinski definition) is 2. The molecule has 0 radical (unpaired) electrons. The molecule has 0 saturated heterocycles. The third-order valence-corrected chi connectivity index (χ3v) is 4.03. The number of guanidine groups is 1. The first kappa shape index (κ1) is 15.0. The van der Waals surface area contributed by atoms with Gasteiger partial charge in [0.15, 0.2) is 5.96 Å². The van der Waals surface area contributed by atoms with Gasteiger partial charge in [-0.15, -0.1) is 24.0 Å². The molecule has 2 aliphatic rings. The molecular formula is C12H24IN3O. The van der Waals surface area contributed by atoms with Gasteiger partial charge < -0.3 is 15.8 Å². The van der Waals surface area contributed by atoms with Crippen molar-refractivity contribution in [3.05, 3.63) is 0 Å². The number of nitrogens with one attached hydrogen (secondary N) is 1. The Morgan fingerprint density at radius 3 is 2.53 bits per heavy atom. The van der Waals surface area contributed by atoms with Crippen LogP contribution >= 0.6 is 24.0 Å². The molecule has 2 aliphatic carbocycles. The average molecular weight is 353 g/mol. The summed E-state index contributed by atoms with van der Waals surface area (Å²) < 4.78 is 5.49. The molecule has 4 nitrogen and oxygen atoms in total. The predicted octanol–water partition coefficient (Wildman–Crippen LogP) is 1.88. The molecule has 0 aromatic heterocycles. The molecule has 3 N–H and O–H groups in total. The van der Waals surface area contributed by atoms with Gasteiger partial charge in [-0.2, -0.15) is 0 Å². The molecule has 0 bridgehead atoms. The molecule has 0 unspecified atom stereocenters. The van der Waals surface area contributed by atoms with Crippen LogP contribution in [0.5, 0.6) is 0 Å². The zero-order chi connectivity index (χ0) is 11.4. The maximum atomic E-state index is 5.82. The van der Waals surface area contributed by atoms with Gasteiger partial charge in [0.05, 0.1) is 12.1 Å². The van der Waals surface area contributed by atoms with E-state index in [1.54, 1.807) is 7.11 Å². The second-order valence-electron chi connectivity index (χ2n) is 5.12. The maximum absolute atomic E-state index is 5.82. The van der Waals surface area contributed by atoms with Gasteiger partial charge in [-0.1, -0.05) is 6.42 Å². The third-order valence-electron chi connectivity index (χ3n) is 4.03. The monoisotopic (exact) mass is 353 g/mol. The summed E-state index contributed by atoms with van der Waals surface area (Å²) in [7, 11) is 1.77. The minimum absolute atomic E-state index is 0. The molecule has 0 atom stereocenters. The van der Waals surface area contributed by atoms with Crippen molar-refractivity contribution in [2.75, 3.05) is 20.2 Å². The number of aliphatic imine (C=N–C) groups is 1. The fourth-order valence-electron chi connectivity index (χ4n) is 2.23. The van der Waals surface area contributed by atoms with Crippen molar-refractivity contribution in [1.29, 1.82) is 0 Å². The van der Waals surface area contributed by atoms with Crippen LogP contribution in [0, 0.1) is 5.92 Å². The summed E-state index contributed by atoms with van der Waals surface area (Å²) in [4.78, 5) is 4.38. The highest BCUT2D eigenvalue weighted by molar-refractivity contribution is 14.0. The Bertz CT molecular complexity index is 257. The van der Waals surface area contributed by atoms with Gasteiger partial charge >= 0.3 is 0 Å². The molecular weight excluding hydrogens is 329 g/mol. The Morgan fingerprint density at radius 1 is 1.41 bits per heavy atom. The van der Waals surface area contributed by atoms with Gasteiger partial charge in [0, 0.05) is 13.7 Å². The van der Waals surface area contributed by atoms with Gasteiger partial charge in [0.1, 0.15) is 0 Å². The van der Waals surface area contributed by atoms with Crippen molar-refractivity contribution in [1.82, 2.24) is 5.32 Å². The second kappa shape index (κ2) is 6.78. The Kier molecular flexibility index (Phi) is 5.99. The van der Waals surface area contributed by atoms with Crippen molar-refractivity contribution in [3.8, 4) is 0 Å². The van der Waals surface area contributed by atoms with Crippen molar-refractivity contribution < 1.29 is 4.74 Å². The van der Waals surface area contributed by atoms with Crippen molar-refractivity contribution in [2.24, 2.45) is 16.6 Å². The molecule has 0 heterocycles. The van der Waals surface area contributed by atoms with Gasteiger partial charge in [-0.3, -0.25) is 4.99 Å². The Morgan fingerprint density at radius 2 is 2.12 bits per heavy atom. The molecule has 5 heteroatoms. The number of hydrogen-bond donors (Lipinski definition) is 2. The normalized spacial score (nSPS) is 23.2. The molecule has 100 valence electrons. The summed E-state index contributed by atoms with van der Waals surface area (Å²) in [5, 5.41) is 3.20. The molecule has 0 aromatic rings. The Labute approximate surface area is 121 Å². The van der Waals surface area contributed by atoms with Crippen molar-refractivity contribution in [2.45, 2.75) is 44.1 Å². The van der Waals surface area contributed by atoms with E-state index in [4.69, 9.17) is 10.5 Å². The van der Waals surface area contributed by atoms with E-state index in [2.05, 4.69) is 10.3 Å². The second-order valence-corrected chi connectivity index (χ2v) is 5.12. The molecule has 2 fully saturated rings. The Hall–Kier alpha value is -0.0400. The molecule has 0 amide bonds. The highest BCUT2D eigenvalue weighted by Gasteiger charge is 2.36. The van der Waals surface area contributed by atoms with Crippen LogP contribution in [0.25, 0.3) is 0 Å². The van der Waals surface area contributed by atoms with E-state index in [0.29, 0.717) is 12.5 Å². The highest BCUT2D eigenvalue weighted by atomic mass is 127. The predicted molar refractivity (Wildman–Crippen MR) is 80.8 cm³/mol. The molecule has 0 aromatic carbocycles. The summed E-state index contributed by atoms with van der Waals surface area (Å²) in [5.74, 6) is 1.39. The van der Waals surface area contributed by atoms with Crippen LogP contribution < -0.4 is 11.1 Å². The zero-order valence-electron chi connectivity index (χ0n) is 10.6. The number of halogens is 1. The number of methoxy groups -OCH3 is 1. The molecule has 2 rings (SSSR count). The molecule has 17 heavy (non-hydrogen) atoms. The number of nitrogens with zero attached hydrogens (tertiary/aromatic N) is 1. The quantitative estimate of drug-likeness (QED) is 0.451. The van der Waals surface area contributed by atoms with Gasteiger partial charge in [0.2, 0.25) is 0 Å². The van der Waals surface area contributed by atoms with Gasteiger partial charge in [0.25, 0.3) is 0 Å². The topological polar surface area (TPSA) is 59.6 Å². The third kappa shape index (κ3) is 3.98. The number of nitrogens with two attached hydrogens (primary N) is 1. The first-order valence-corrected chi connectivity index (χ1v) is 6.33. The fourth-order valence-corrected chi connectivity index (χ4v) is 2.23. The van der Waals surface area contributed by atoms with Gasteiger partial charge in [-0.05, 0) is 38.0 Å². The van der Waals surface area contributed by atoms with E-state index in [1.807, 2.05) is 0 Å². The SMILES string of the molecule is COC1(CN=C(N)NCC2CCC2)CCC1.I. The lowest BCUT2D eigenvalue weighted by atomic mass is 9.80. The minimum Gasteiger partial charge on any atom is -0.376 e. The van der Waals surface area contributed by atoms with Gasteiger partial charge in [-0.25, -0.2) is 0 Å². The van der Waals surface area contributed by atoms with Crippen molar-refractivity contribution in [3.63, 3.8) is 0 Å². The van der Waals surface area contributed by atoms with Crippen LogP contribution in [0.4, 0.5) is 0 Å². The van der Waals surface area contributed by atoms with E-state index in [-0.39, 0.29) is 29.6 Å². The van der Waals surface area contributed by atoms with Crippen LogP contribution in [0.2, 0.25) is 0 Å². The summed E-state index contributed by atoms with van der Waals surface area (Å²) in [6, 6.07) is 0. The molecule has 2 saturated carbocycles. The Balaban J connectivity index is 0.00000144. The first-order valence-electron chi connectivity index (χ1n) is 6.33. The van der Waals surface area contributed by atoms with E-state index in [9.17, 15) is 0 Å². The molecule has 0 spiro atoms.